The van der Waals surface area contributed by atoms with Crippen molar-refractivity contribution in [3.8, 4) is 5.75 Å². The minimum atomic E-state index is -0.968. The lowest BCUT2D eigenvalue weighted by atomic mass is 9.82. The summed E-state index contributed by atoms with van der Waals surface area (Å²) in [6, 6.07) is 16.7. The van der Waals surface area contributed by atoms with Crippen LogP contribution in [0.15, 0.2) is 48.5 Å². The van der Waals surface area contributed by atoms with Crippen LogP contribution in [0, 0.1) is 5.92 Å². The van der Waals surface area contributed by atoms with Crippen molar-refractivity contribution in [3.05, 3.63) is 65.2 Å². The third-order valence-corrected chi connectivity index (χ3v) is 6.12. The maximum Gasteiger partial charge on any atom is 0.341 e. The molecular weight excluding hydrogens is 372 g/mol. The van der Waals surface area contributed by atoms with Crippen LogP contribution >= 0.6 is 11.6 Å². The number of benzene rings is 2. The van der Waals surface area contributed by atoms with E-state index in [1.165, 1.54) is 11.1 Å². The van der Waals surface area contributed by atoms with Crippen LogP contribution in [0.3, 0.4) is 0 Å². The van der Waals surface area contributed by atoms with Crippen molar-refractivity contribution < 1.29 is 14.6 Å². The van der Waals surface area contributed by atoms with Crippen molar-refractivity contribution in [2.45, 2.75) is 56.7 Å². The van der Waals surface area contributed by atoms with Crippen molar-refractivity contribution in [2.24, 2.45) is 5.92 Å². The molecule has 28 heavy (non-hydrogen) atoms. The predicted molar refractivity (Wildman–Crippen MR) is 114 cm³/mol. The molecule has 0 aliphatic heterocycles. The maximum absolute atomic E-state index is 10.7. The first kappa shape index (κ1) is 20.7. The first-order chi connectivity index (χ1) is 13.2. The molecule has 0 radical (unpaired) electrons. The molecule has 150 valence electrons. The second kappa shape index (κ2) is 8.57. The van der Waals surface area contributed by atoms with Gasteiger partial charge in [-0.25, -0.2) is 4.79 Å². The Balaban J connectivity index is 1.75. The molecule has 1 fully saturated rings. The number of halogens is 1. The SMILES string of the molecule is CC(C)(C)c1ccc(C2C(Cl)CCC2Cc2cccc(OCC(=O)O)c2)cc1. The van der Waals surface area contributed by atoms with E-state index in [1.54, 1.807) is 6.07 Å². The summed E-state index contributed by atoms with van der Waals surface area (Å²) in [6.45, 7) is 6.36. The monoisotopic (exact) mass is 400 g/mol. The van der Waals surface area contributed by atoms with Gasteiger partial charge in [-0.05, 0) is 59.4 Å². The molecule has 0 heterocycles. The second-order valence-corrected chi connectivity index (χ2v) is 9.35. The highest BCUT2D eigenvalue weighted by Gasteiger charge is 2.36. The molecule has 0 bridgehead atoms. The van der Waals surface area contributed by atoms with Gasteiger partial charge in [-0.15, -0.1) is 11.6 Å². The fourth-order valence-electron chi connectivity index (χ4n) is 4.15. The van der Waals surface area contributed by atoms with Gasteiger partial charge < -0.3 is 9.84 Å². The van der Waals surface area contributed by atoms with E-state index in [1.807, 2.05) is 12.1 Å². The van der Waals surface area contributed by atoms with E-state index in [0.717, 1.165) is 24.8 Å². The van der Waals surface area contributed by atoms with Crippen molar-refractivity contribution in [3.63, 3.8) is 0 Å². The van der Waals surface area contributed by atoms with Crippen LogP contribution < -0.4 is 4.74 Å². The predicted octanol–water partition coefficient (Wildman–Crippen LogP) is 5.79. The minimum absolute atomic E-state index is 0.143. The van der Waals surface area contributed by atoms with E-state index in [4.69, 9.17) is 21.4 Å². The van der Waals surface area contributed by atoms with E-state index in [-0.39, 0.29) is 17.4 Å². The molecule has 0 spiro atoms. The summed E-state index contributed by atoms with van der Waals surface area (Å²) >= 11 is 6.73. The molecule has 1 aliphatic rings. The van der Waals surface area contributed by atoms with Crippen molar-refractivity contribution in [2.75, 3.05) is 6.61 Å². The quantitative estimate of drug-likeness (QED) is 0.624. The molecule has 0 aromatic heterocycles. The Hall–Kier alpha value is -2.00. The highest BCUT2D eigenvalue weighted by molar-refractivity contribution is 6.21. The zero-order valence-electron chi connectivity index (χ0n) is 16.8. The number of carbonyl (C=O) groups is 1. The minimum Gasteiger partial charge on any atom is -0.482 e. The molecular formula is C24H29ClO3. The molecule has 0 amide bonds. The summed E-state index contributed by atoms with van der Waals surface area (Å²) < 4.78 is 5.32. The molecule has 4 heteroatoms. The fourth-order valence-corrected chi connectivity index (χ4v) is 4.63. The fraction of sp³-hybridized carbons (Fsp3) is 0.458. The number of hydrogen-bond donors (Lipinski definition) is 1. The summed E-state index contributed by atoms with van der Waals surface area (Å²) in [7, 11) is 0. The maximum atomic E-state index is 10.7. The molecule has 1 N–H and O–H groups in total. The van der Waals surface area contributed by atoms with Gasteiger partial charge in [0.2, 0.25) is 0 Å². The number of hydrogen-bond acceptors (Lipinski definition) is 2. The second-order valence-electron chi connectivity index (χ2n) is 8.79. The van der Waals surface area contributed by atoms with Crippen LogP contribution in [0.5, 0.6) is 5.75 Å². The average molecular weight is 401 g/mol. The summed E-state index contributed by atoms with van der Waals surface area (Å²) in [5, 5.41) is 8.94. The molecule has 3 atom stereocenters. The normalized spacial score (nSPS) is 22.2. The van der Waals surface area contributed by atoms with E-state index in [0.29, 0.717) is 17.6 Å². The Morgan fingerprint density at radius 2 is 1.86 bits per heavy atom. The number of carboxylic acids is 1. The molecule has 1 aliphatic carbocycles. The van der Waals surface area contributed by atoms with Gasteiger partial charge in [0.25, 0.3) is 0 Å². The lowest BCUT2D eigenvalue weighted by molar-refractivity contribution is -0.139. The van der Waals surface area contributed by atoms with Gasteiger partial charge in [-0.2, -0.15) is 0 Å². The highest BCUT2D eigenvalue weighted by Crippen LogP contribution is 2.45. The van der Waals surface area contributed by atoms with Crippen LogP contribution in [0.25, 0.3) is 0 Å². The summed E-state index contributed by atoms with van der Waals surface area (Å²) in [5.74, 6) is 0.438. The van der Waals surface area contributed by atoms with Crippen LogP contribution in [0.4, 0.5) is 0 Å². The Morgan fingerprint density at radius 1 is 1.14 bits per heavy atom. The Kier molecular flexibility index (Phi) is 6.34. The van der Waals surface area contributed by atoms with Gasteiger partial charge in [0.05, 0.1) is 0 Å². The largest absolute Gasteiger partial charge is 0.482 e. The average Bonchev–Trinajstić information content (AvgIpc) is 3.00. The summed E-state index contributed by atoms with van der Waals surface area (Å²) in [5.41, 5.74) is 3.95. The van der Waals surface area contributed by atoms with E-state index < -0.39 is 5.97 Å². The van der Waals surface area contributed by atoms with Gasteiger partial charge in [0.1, 0.15) is 5.75 Å². The number of rotatable bonds is 6. The number of aliphatic carboxylic acids is 1. The molecule has 2 aromatic carbocycles. The smallest absolute Gasteiger partial charge is 0.341 e. The van der Waals surface area contributed by atoms with Gasteiger partial charge >= 0.3 is 5.97 Å². The zero-order valence-corrected chi connectivity index (χ0v) is 17.6. The van der Waals surface area contributed by atoms with E-state index in [9.17, 15) is 4.79 Å². The zero-order chi connectivity index (χ0) is 20.3. The van der Waals surface area contributed by atoms with Gasteiger partial charge in [-0.3, -0.25) is 0 Å². The molecule has 1 saturated carbocycles. The topological polar surface area (TPSA) is 46.5 Å². The Bertz CT molecular complexity index is 807. The molecule has 3 nitrogen and oxygen atoms in total. The van der Waals surface area contributed by atoms with E-state index >= 15 is 0 Å². The highest BCUT2D eigenvalue weighted by atomic mass is 35.5. The standard InChI is InChI=1S/C24H29ClO3/c1-24(2,3)19-10-7-17(8-11-19)23-18(9-12-21(23)25)13-16-5-4-6-20(14-16)28-15-22(26)27/h4-8,10-11,14,18,21,23H,9,12-13,15H2,1-3H3,(H,26,27). The third-order valence-electron chi connectivity index (χ3n) is 5.63. The molecule has 3 unspecified atom stereocenters. The van der Waals surface area contributed by atoms with Crippen LogP contribution in [0.2, 0.25) is 0 Å². The van der Waals surface area contributed by atoms with Crippen molar-refractivity contribution >= 4 is 17.6 Å². The number of alkyl halides is 1. The third kappa shape index (κ3) is 5.08. The van der Waals surface area contributed by atoms with E-state index in [2.05, 4.69) is 51.1 Å². The summed E-state index contributed by atoms with van der Waals surface area (Å²) in [4.78, 5) is 10.7. The first-order valence-electron chi connectivity index (χ1n) is 9.92. The lowest BCUT2D eigenvalue weighted by Gasteiger charge is -2.25. The number of ether oxygens (including phenoxy) is 1. The van der Waals surface area contributed by atoms with Crippen molar-refractivity contribution in [1.29, 1.82) is 0 Å². The van der Waals surface area contributed by atoms with Gasteiger partial charge in [-0.1, -0.05) is 57.2 Å². The van der Waals surface area contributed by atoms with Gasteiger partial charge in [0.15, 0.2) is 6.61 Å². The van der Waals surface area contributed by atoms with Crippen molar-refractivity contribution in [1.82, 2.24) is 0 Å². The Morgan fingerprint density at radius 3 is 2.50 bits per heavy atom. The van der Waals surface area contributed by atoms with Crippen LogP contribution in [-0.2, 0) is 16.6 Å². The van der Waals surface area contributed by atoms with Crippen LogP contribution in [0.1, 0.15) is 56.2 Å². The lowest BCUT2D eigenvalue weighted by Crippen LogP contribution is -2.16. The Labute approximate surface area is 172 Å². The molecule has 2 aromatic rings. The first-order valence-corrected chi connectivity index (χ1v) is 10.4. The van der Waals surface area contributed by atoms with Crippen LogP contribution in [-0.4, -0.2) is 23.1 Å². The van der Waals surface area contributed by atoms with Gasteiger partial charge in [0, 0.05) is 11.3 Å². The molecule has 0 saturated heterocycles. The molecule has 3 rings (SSSR count). The summed E-state index contributed by atoms with van der Waals surface area (Å²) in [6.07, 6.45) is 3.03. The number of carboxylic acid groups (broad SMARTS) is 1.